The van der Waals surface area contributed by atoms with Gasteiger partial charge in [-0.05, 0) is 19.1 Å². The molecule has 0 unspecified atom stereocenters. The molecule has 1 aromatic heterocycles. The number of carbonyl (C=O) groups is 1. The summed E-state index contributed by atoms with van der Waals surface area (Å²) in [5.41, 5.74) is 3.39. The molecular weight excluding hydrogens is 220 g/mol. The van der Waals surface area contributed by atoms with E-state index in [1.165, 1.54) is 4.57 Å². The van der Waals surface area contributed by atoms with Gasteiger partial charge in [-0.3, -0.25) is 19.4 Å². The Morgan fingerprint density at radius 2 is 1.88 bits per heavy atom. The molecule has 17 heavy (non-hydrogen) atoms. The van der Waals surface area contributed by atoms with E-state index in [2.05, 4.69) is 0 Å². The SMILES string of the molecule is CCn1c(=O)n(CC(=O)NN)c2ccccc21. The average molecular weight is 234 g/mol. The number of hydrogen-bond donors (Lipinski definition) is 2. The summed E-state index contributed by atoms with van der Waals surface area (Å²) >= 11 is 0. The van der Waals surface area contributed by atoms with Gasteiger partial charge in [-0.25, -0.2) is 10.6 Å². The molecule has 0 saturated heterocycles. The van der Waals surface area contributed by atoms with E-state index < -0.39 is 5.91 Å². The van der Waals surface area contributed by atoms with Crippen LogP contribution in [-0.4, -0.2) is 15.0 Å². The van der Waals surface area contributed by atoms with E-state index >= 15 is 0 Å². The Morgan fingerprint density at radius 1 is 1.29 bits per heavy atom. The number of fused-ring (bicyclic) bond motifs is 1. The van der Waals surface area contributed by atoms with E-state index in [-0.39, 0.29) is 12.2 Å². The maximum atomic E-state index is 12.1. The molecule has 0 radical (unpaired) electrons. The first-order valence-corrected chi connectivity index (χ1v) is 5.36. The highest BCUT2D eigenvalue weighted by Crippen LogP contribution is 2.12. The van der Waals surface area contributed by atoms with Gasteiger partial charge in [0.2, 0.25) is 0 Å². The predicted molar refractivity (Wildman–Crippen MR) is 64.2 cm³/mol. The molecule has 0 aliphatic rings. The summed E-state index contributed by atoms with van der Waals surface area (Å²) in [5.74, 6) is 4.63. The van der Waals surface area contributed by atoms with Crippen molar-refractivity contribution in [2.45, 2.75) is 20.0 Å². The highest BCUT2D eigenvalue weighted by atomic mass is 16.2. The summed E-state index contributed by atoms with van der Waals surface area (Å²) in [5, 5.41) is 0. The summed E-state index contributed by atoms with van der Waals surface area (Å²) < 4.78 is 3.04. The second kappa shape index (κ2) is 4.42. The van der Waals surface area contributed by atoms with Crippen LogP contribution in [0.15, 0.2) is 29.1 Å². The Bertz CT molecular complexity index is 611. The van der Waals surface area contributed by atoms with E-state index in [1.807, 2.05) is 36.6 Å². The van der Waals surface area contributed by atoms with Crippen molar-refractivity contribution in [2.24, 2.45) is 5.84 Å². The summed E-state index contributed by atoms with van der Waals surface area (Å²) in [6, 6.07) is 7.36. The molecule has 1 amide bonds. The number of para-hydroxylation sites is 2. The quantitative estimate of drug-likeness (QED) is 0.439. The number of nitrogens with one attached hydrogen (secondary N) is 1. The highest BCUT2D eigenvalue weighted by Gasteiger charge is 2.13. The van der Waals surface area contributed by atoms with E-state index in [9.17, 15) is 9.59 Å². The van der Waals surface area contributed by atoms with Crippen LogP contribution in [0, 0.1) is 0 Å². The monoisotopic (exact) mass is 234 g/mol. The van der Waals surface area contributed by atoms with E-state index in [1.54, 1.807) is 4.57 Å². The lowest BCUT2D eigenvalue weighted by molar-refractivity contribution is -0.121. The summed E-state index contributed by atoms with van der Waals surface area (Å²) in [4.78, 5) is 23.3. The molecule has 90 valence electrons. The fraction of sp³-hybridized carbons (Fsp3) is 0.273. The minimum absolute atomic E-state index is 0.0666. The molecule has 6 heteroatoms. The fourth-order valence-electron chi connectivity index (χ4n) is 1.92. The predicted octanol–water partition coefficient (Wildman–Crippen LogP) is -0.187. The van der Waals surface area contributed by atoms with Gasteiger partial charge in [0.25, 0.3) is 5.91 Å². The molecule has 0 fully saturated rings. The van der Waals surface area contributed by atoms with Crippen LogP contribution in [0.25, 0.3) is 11.0 Å². The molecule has 0 aliphatic carbocycles. The van der Waals surface area contributed by atoms with Crippen LogP contribution in [-0.2, 0) is 17.9 Å². The zero-order valence-electron chi connectivity index (χ0n) is 9.51. The van der Waals surface area contributed by atoms with Crippen molar-refractivity contribution in [3.05, 3.63) is 34.7 Å². The molecule has 0 atom stereocenters. The zero-order chi connectivity index (χ0) is 12.4. The van der Waals surface area contributed by atoms with E-state index in [0.717, 1.165) is 11.0 Å². The molecule has 0 saturated carbocycles. The molecule has 1 heterocycles. The number of nitrogens with two attached hydrogens (primary N) is 1. The number of rotatable bonds is 3. The van der Waals surface area contributed by atoms with Crippen LogP contribution < -0.4 is 17.0 Å². The topological polar surface area (TPSA) is 82.0 Å². The molecule has 1 aromatic carbocycles. The third kappa shape index (κ3) is 1.83. The molecule has 3 N–H and O–H groups in total. The number of amides is 1. The Morgan fingerprint density at radius 3 is 2.41 bits per heavy atom. The number of benzene rings is 1. The van der Waals surface area contributed by atoms with Gasteiger partial charge in [-0.1, -0.05) is 12.1 Å². The largest absolute Gasteiger partial charge is 0.329 e. The smallest absolute Gasteiger partial charge is 0.293 e. The van der Waals surface area contributed by atoms with Crippen LogP contribution in [0.2, 0.25) is 0 Å². The number of aromatic nitrogens is 2. The van der Waals surface area contributed by atoms with Gasteiger partial charge in [-0.2, -0.15) is 0 Å². The lowest BCUT2D eigenvalue weighted by Gasteiger charge is -2.00. The minimum Gasteiger partial charge on any atom is -0.293 e. The van der Waals surface area contributed by atoms with Crippen molar-refractivity contribution in [1.29, 1.82) is 0 Å². The van der Waals surface area contributed by atoms with Crippen LogP contribution in [0.1, 0.15) is 6.92 Å². The second-order valence-electron chi connectivity index (χ2n) is 3.67. The number of aryl methyl sites for hydroxylation is 1. The highest BCUT2D eigenvalue weighted by molar-refractivity contribution is 5.80. The van der Waals surface area contributed by atoms with E-state index in [4.69, 9.17) is 5.84 Å². The van der Waals surface area contributed by atoms with Gasteiger partial charge >= 0.3 is 5.69 Å². The average Bonchev–Trinajstić information content (AvgIpc) is 2.62. The zero-order valence-corrected chi connectivity index (χ0v) is 9.51. The lowest BCUT2D eigenvalue weighted by atomic mass is 10.3. The Labute approximate surface area is 97.6 Å². The van der Waals surface area contributed by atoms with Crippen LogP contribution in [0.3, 0.4) is 0 Å². The fourth-order valence-corrected chi connectivity index (χ4v) is 1.92. The number of imidazole rings is 1. The summed E-state index contributed by atoms with van der Waals surface area (Å²) in [6.45, 7) is 2.39. The van der Waals surface area contributed by atoms with Crippen LogP contribution >= 0.6 is 0 Å². The maximum absolute atomic E-state index is 12.1. The van der Waals surface area contributed by atoms with Gasteiger partial charge in [0, 0.05) is 6.54 Å². The van der Waals surface area contributed by atoms with Crippen LogP contribution in [0.5, 0.6) is 0 Å². The second-order valence-corrected chi connectivity index (χ2v) is 3.67. The number of hydrazine groups is 1. The third-order valence-electron chi connectivity index (χ3n) is 2.70. The summed E-state index contributed by atoms with van der Waals surface area (Å²) in [6.07, 6.45) is 0. The molecule has 0 spiro atoms. The Balaban J connectivity index is 2.66. The van der Waals surface area contributed by atoms with Gasteiger partial charge in [-0.15, -0.1) is 0 Å². The first kappa shape index (κ1) is 11.4. The standard InChI is InChI=1S/C11H14N4O2/c1-2-14-8-5-3-4-6-9(8)15(11(14)17)7-10(16)13-12/h3-6H,2,7,12H2,1H3,(H,13,16). The lowest BCUT2D eigenvalue weighted by Crippen LogP contribution is -2.36. The molecule has 6 nitrogen and oxygen atoms in total. The summed E-state index contributed by atoms with van der Waals surface area (Å²) in [7, 11) is 0. The minimum atomic E-state index is -0.397. The molecule has 0 bridgehead atoms. The van der Waals surface area contributed by atoms with Crippen molar-refractivity contribution in [1.82, 2.24) is 14.6 Å². The molecular formula is C11H14N4O2. The number of nitrogens with zero attached hydrogens (tertiary/aromatic N) is 2. The van der Waals surface area contributed by atoms with Crippen molar-refractivity contribution < 1.29 is 4.79 Å². The molecule has 0 aliphatic heterocycles. The molecule has 2 rings (SSSR count). The van der Waals surface area contributed by atoms with E-state index in [0.29, 0.717) is 6.54 Å². The van der Waals surface area contributed by atoms with Gasteiger partial charge in [0.15, 0.2) is 0 Å². The maximum Gasteiger partial charge on any atom is 0.329 e. The Hall–Kier alpha value is -2.08. The van der Waals surface area contributed by atoms with Crippen molar-refractivity contribution in [2.75, 3.05) is 0 Å². The normalized spacial score (nSPS) is 10.7. The Kier molecular flexibility index (Phi) is 2.97. The number of carbonyl (C=O) groups excluding carboxylic acids is 1. The van der Waals surface area contributed by atoms with Crippen molar-refractivity contribution >= 4 is 16.9 Å². The van der Waals surface area contributed by atoms with Gasteiger partial charge in [0.05, 0.1) is 11.0 Å². The first-order chi connectivity index (χ1) is 8.19. The third-order valence-corrected chi connectivity index (χ3v) is 2.70. The van der Waals surface area contributed by atoms with Gasteiger partial charge in [0.1, 0.15) is 6.54 Å². The first-order valence-electron chi connectivity index (χ1n) is 5.36. The van der Waals surface area contributed by atoms with Crippen molar-refractivity contribution in [3.8, 4) is 0 Å². The number of hydrogen-bond acceptors (Lipinski definition) is 3. The van der Waals surface area contributed by atoms with Gasteiger partial charge < -0.3 is 0 Å². The van der Waals surface area contributed by atoms with Crippen molar-refractivity contribution in [3.63, 3.8) is 0 Å². The van der Waals surface area contributed by atoms with Crippen LogP contribution in [0.4, 0.5) is 0 Å². The molecule has 2 aromatic rings.